The summed E-state index contributed by atoms with van der Waals surface area (Å²) in [6.45, 7) is 6.25. The number of allylic oxidation sites excluding steroid dienone is 3. The first-order valence-electron chi connectivity index (χ1n) is 13.8. The molecular weight excluding hydrogens is 545 g/mol. The average Bonchev–Trinajstić information content (AvgIpc) is 2.94. The molecule has 0 spiro atoms. The van der Waals surface area contributed by atoms with E-state index in [1.807, 2.05) is 43.3 Å². The Labute approximate surface area is 246 Å². The lowest BCUT2D eigenvalue weighted by Gasteiger charge is -2.32. The van der Waals surface area contributed by atoms with E-state index >= 15 is 0 Å². The number of hydrogen-bond donors (Lipinski definition) is 3. The lowest BCUT2D eigenvalue weighted by Crippen LogP contribution is -2.52. The molecule has 0 aliphatic heterocycles. The standard InChI is InChI=1S/C32H39ClFN3O4/c1-20(34)18-37(19-30(39)35-17-25-12-8-14-27(33)21(25)2)32(41)23(4)28(16-24-10-6-5-7-11-24)36-31(40)26-13-9-15-29(38)22(26)3/h5-15,20,22-23,26,28,38H,16-19H2,1-4H3,(H,35,39)(H,36,40)/t20-,22?,23+,26?,28+/m1/s1. The van der Waals surface area contributed by atoms with Crippen LogP contribution in [0.2, 0.25) is 5.02 Å². The fourth-order valence-electron chi connectivity index (χ4n) is 4.85. The van der Waals surface area contributed by atoms with Crippen molar-refractivity contribution >= 4 is 29.3 Å². The second kappa shape index (κ2) is 14.8. The summed E-state index contributed by atoms with van der Waals surface area (Å²) in [7, 11) is 0. The smallest absolute Gasteiger partial charge is 0.239 e. The second-order valence-electron chi connectivity index (χ2n) is 10.7. The Morgan fingerprint density at radius 3 is 2.49 bits per heavy atom. The van der Waals surface area contributed by atoms with E-state index in [4.69, 9.17) is 11.6 Å². The van der Waals surface area contributed by atoms with E-state index in [1.165, 1.54) is 11.8 Å². The zero-order valence-corrected chi connectivity index (χ0v) is 24.7. The minimum Gasteiger partial charge on any atom is -0.512 e. The van der Waals surface area contributed by atoms with Crippen LogP contribution in [0.25, 0.3) is 0 Å². The first-order valence-corrected chi connectivity index (χ1v) is 14.2. The van der Waals surface area contributed by atoms with Gasteiger partial charge in [0.25, 0.3) is 0 Å². The van der Waals surface area contributed by atoms with E-state index < -0.39 is 41.8 Å². The number of nitrogens with zero attached hydrogens (tertiary/aromatic N) is 1. The Morgan fingerprint density at radius 1 is 1.10 bits per heavy atom. The number of rotatable bonds is 12. The summed E-state index contributed by atoms with van der Waals surface area (Å²) in [4.78, 5) is 41.1. The van der Waals surface area contributed by atoms with Gasteiger partial charge in [-0.1, -0.05) is 80.1 Å². The topological polar surface area (TPSA) is 98.7 Å². The molecule has 0 bridgehead atoms. The highest BCUT2D eigenvalue weighted by atomic mass is 35.5. The summed E-state index contributed by atoms with van der Waals surface area (Å²) in [5, 5.41) is 16.5. The number of amides is 3. The van der Waals surface area contributed by atoms with Crippen LogP contribution in [0, 0.1) is 24.7 Å². The molecule has 2 unspecified atom stereocenters. The molecule has 0 saturated carbocycles. The summed E-state index contributed by atoms with van der Waals surface area (Å²) in [5.41, 5.74) is 2.60. The van der Waals surface area contributed by atoms with Crippen LogP contribution in [-0.4, -0.2) is 53.0 Å². The van der Waals surface area contributed by atoms with Gasteiger partial charge >= 0.3 is 0 Å². The van der Waals surface area contributed by atoms with E-state index in [2.05, 4.69) is 10.6 Å². The van der Waals surface area contributed by atoms with E-state index in [0.29, 0.717) is 11.4 Å². The number of aliphatic hydroxyl groups excluding tert-OH is 1. The molecule has 1 aliphatic carbocycles. The van der Waals surface area contributed by atoms with Crippen molar-refractivity contribution in [2.24, 2.45) is 17.8 Å². The van der Waals surface area contributed by atoms with Crippen molar-refractivity contribution < 1.29 is 23.9 Å². The average molecular weight is 584 g/mol. The molecule has 2 aromatic carbocycles. The van der Waals surface area contributed by atoms with Gasteiger partial charge in [0.15, 0.2) is 0 Å². The van der Waals surface area contributed by atoms with Crippen molar-refractivity contribution in [3.8, 4) is 0 Å². The Morgan fingerprint density at radius 2 is 1.80 bits per heavy atom. The van der Waals surface area contributed by atoms with Crippen LogP contribution in [0.1, 0.15) is 37.5 Å². The van der Waals surface area contributed by atoms with Gasteiger partial charge in [0.2, 0.25) is 17.7 Å². The molecule has 0 radical (unpaired) electrons. The van der Waals surface area contributed by atoms with E-state index in [1.54, 1.807) is 44.2 Å². The summed E-state index contributed by atoms with van der Waals surface area (Å²) in [6.07, 6.45) is 3.89. The molecule has 3 rings (SSSR count). The van der Waals surface area contributed by atoms with Crippen LogP contribution in [0.3, 0.4) is 0 Å². The summed E-state index contributed by atoms with van der Waals surface area (Å²) in [6, 6.07) is 14.2. The zero-order chi connectivity index (χ0) is 30.1. The Hall–Kier alpha value is -3.65. The highest BCUT2D eigenvalue weighted by Crippen LogP contribution is 2.25. The first kappa shape index (κ1) is 31.9. The van der Waals surface area contributed by atoms with Gasteiger partial charge < -0.3 is 20.6 Å². The Bertz CT molecular complexity index is 1280. The van der Waals surface area contributed by atoms with Crippen LogP contribution in [0.5, 0.6) is 0 Å². The molecule has 1 aliphatic rings. The molecule has 5 atom stereocenters. The maximum Gasteiger partial charge on any atom is 0.239 e. The molecule has 0 saturated heterocycles. The van der Waals surface area contributed by atoms with Gasteiger partial charge in [0.1, 0.15) is 6.17 Å². The van der Waals surface area contributed by atoms with Crippen LogP contribution >= 0.6 is 11.6 Å². The van der Waals surface area contributed by atoms with Gasteiger partial charge in [-0.05, 0) is 49.1 Å². The number of carbonyl (C=O) groups is 3. The number of hydrogen-bond acceptors (Lipinski definition) is 4. The predicted molar refractivity (Wildman–Crippen MR) is 159 cm³/mol. The lowest BCUT2D eigenvalue weighted by atomic mass is 9.86. The highest BCUT2D eigenvalue weighted by molar-refractivity contribution is 6.31. The molecule has 0 fully saturated rings. The van der Waals surface area contributed by atoms with Gasteiger partial charge in [-0.25, -0.2) is 4.39 Å². The summed E-state index contributed by atoms with van der Waals surface area (Å²) in [5.74, 6) is -2.89. The maximum absolute atomic E-state index is 14.2. The molecule has 2 aromatic rings. The van der Waals surface area contributed by atoms with E-state index in [9.17, 15) is 23.9 Å². The second-order valence-corrected chi connectivity index (χ2v) is 11.1. The lowest BCUT2D eigenvalue weighted by molar-refractivity contribution is -0.141. The normalized spacial score (nSPS) is 18.5. The minimum absolute atomic E-state index is 0.110. The third-order valence-corrected chi connectivity index (χ3v) is 7.90. The molecule has 0 heterocycles. The monoisotopic (exact) mass is 583 g/mol. The van der Waals surface area contributed by atoms with Gasteiger partial charge in [0.05, 0.1) is 30.7 Å². The SMILES string of the molecule is Cc1c(Cl)cccc1CNC(=O)CN(C[C@@H](C)F)C(=O)[C@@H](C)[C@H](Cc1ccccc1)NC(=O)C1C=CC=C(O)C1C. The number of nitrogens with one attached hydrogen (secondary N) is 2. The van der Waals surface area contributed by atoms with Crippen LogP contribution in [-0.2, 0) is 27.3 Å². The van der Waals surface area contributed by atoms with Crippen molar-refractivity contribution in [2.45, 2.75) is 52.9 Å². The van der Waals surface area contributed by atoms with E-state index in [0.717, 1.165) is 16.7 Å². The molecule has 9 heteroatoms. The Balaban J connectivity index is 1.76. The molecular formula is C32H39ClFN3O4. The third kappa shape index (κ3) is 8.92. The van der Waals surface area contributed by atoms with Gasteiger partial charge in [-0.2, -0.15) is 0 Å². The quantitative estimate of drug-likeness (QED) is 0.325. The maximum atomic E-state index is 14.2. The number of aliphatic hydroxyl groups is 1. The fourth-order valence-corrected chi connectivity index (χ4v) is 5.05. The van der Waals surface area contributed by atoms with Gasteiger partial charge in [-0.15, -0.1) is 0 Å². The molecule has 220 valence electrons. The van der Waals surface area contributed by atoms with Crippen LogP contribution in [0.15, 0.2) is 72.5 Å². The molecule has 0 aromatic heterocycles. The van der Waals surface area contributed by atoms with Crippen molar-refractivity contribution in [1.82, 2.24) is 15.5 Å². The highest BCUT2D eigenvalue weighted by Gasteiger charge is 2.34. The minimum atomic E-state index is -1.36. The Kier molecular flexibility index (Phi) is 11.5. The van der Waals surface area contributed by atoms with Crippen molar-refractivity contribution in [2.75, 3.05) is 13.1 Å². The third-order valence-electron chi connectivity index (χ3n) is 7.49. The fraction of sp³-hybridized carbons (Fsp3) is 0.406. The number of carbonyl (C=O) groups excluding carboxylic acids is 3. The number of alkyl halides is 1. The molecule has 3 amide bonds. The summed E-state index contributed by atoms with van der Waals surface area (Å²) < 4.78 is 14.2. The van der Waals surface area contributed by atoms with Crippen molar-refractivity contribution in [3.05, 3.63) is 94.2 Å². The summed E-state index contributed by atoms with van der Waals surface area (Å²) >= 11 is 6.18. The predicted octanol–water partition coefficient (Wildman–Crippen LogP) is 5.08. The molecule has 41 heavy (non-hydrogen) atoms. The zero-order valence-electron chi connectivity index (χ0n) is 23.9. The largest absolute Gasteiger partial charge is 0.512 e. The number of halogens is 2. The van der Waals surface area contributed by atoms with Crippen LogP contribution < -0.4 is 10.6 Å². The van der Waals surface area contributed by atoms with E-state index in [-0.39, 0.29) is 31.3 Å². The van der Waals surface area contributed by atoms with Gasteiger partial charge in [0, 0.05) is 23.5 Å². The molecule has 3 N–H and O–H groups in total. The van der Waals surface area contributed by atoms with Crippen molar-refractivity contribution in [3.63, 3.8) is 0 Å². The van der Waals surface area contributed by atoms with Crippen molar-refractivity contribution in [1.29, 1.82) is 0 Å². The van der Waals surface area contributed by atoms with Gasteiger partial charge in [-0.3, -0.25) is 14.4 Å². The number of benzene rings is 2. The molecule has 7 nitrogen and oxygen atoms in total. The first-order chi connectivity index (χ1) is 19.5. The van der Waals surface area contributed by atoms with Crippen LogP contribution in [0.4, 0.5) is 4.39 Å².